The van der Waals surface area contributed by atoms with Crippen molar-refractivity contribution in [2.24, 2.45) is 5.92 Å². The Kier molecular flexibility index (Phi) is 14.5. The molecule has 88 valence electrons. The van der Waals surface area contributed by atoms with Crippen molar-refractivity contribution in [3.63, 3.8) is 0 Å². The minimum atomic E-state index is -0.656. The van der Waals surface area contributed by atoms with Gasteiger partial charge >= 0.3 is 29.0 Å². The zero-order valence-corrected chi connectivity index (χ0v) is 11.7. The van der Waals surface area contributed by atoms with E-state index >= 15 is 0 Å². The van der Waals surface area contributed by atoms with Gasteiger partial charge in [0.05, 0.1) is 5.92 Å². The maximum atomic E-state index is 10.5. The Morgan fingerprint density at radius 1 is 1.13 bits per heavy atom. The van der Waals surface area contributed by atoms with Crippen molar-refractivity contribution in [1.29, 1.82) is 0 Å². The van der Waals surface area contributed by atoms with Crippen LogP contribution in [-0.2, 0) is 4.79 Å². The van der Waals surface area contributed by atoms with Gasteiger partial charge in [-0.3, -0.25) is 4.79 Å². The zero-order chi connectivity index (χ0) is 10.8. The fourth-order valence-electron chi connectivity index (χ4n) is 1.53. The first-order valence-electron chi connectivity index (χ1n) is 5.91. The first-order chi connectivity index (χ1) is 6.68. The van der Waals surface area contributed by atoms with E-state index in [0.717, 1.165) is 12.8 Å². The molecule has 0 aromatic rings. The molecular weight excluding hydrogens is 200 g/mol. The van der Waals surface area contributed by atoms with E-state index in [4.69, 9.17) is 5.11 Å². The standard InChI is InChI=1S/C12H24O2.Mg.2H/c1-3-4-5-6-7-8-9-10-11(2)12(13)14;;;/h11H,3-10H2,1-2H3,(H,13,14);;;/q;+2;2*-1. The Hall–Kier alpha value is 0.236. The molecule has 1 unspecified atom stereocenters. The van der Waals surface area contributed by atoms with Gasteiger partial charge in [-0.15, -0.1) is 0 Å². The molecule has 0 bridgehead atoms. The molecule has 0 heterocycles. The van der Waals surface area contributed by atoms with E-state index in [9.17, 15) is 4.79 Å². The van der Waals surface area contributed by atoms with Crippen molar-refractivity contribution in [3.8, 4) is 0 Å². The average Bonchev–Trinajstić information content (AvgIpc) is 2.16. The molecule has 0 aliphatic heterocycles. The summed E-state index contributed by atoms with van der Waals surface area (Å²) in [7, 11) is 0. The molecule has 0 saturated carbocycles. The van der Waals surface area contributed by atoms with Gasteiger partial charge in [0.2, 0.25) is 0 Å². The van der Waals surface area contributed by atoms with Gasteiger partial charge in [0.1, 0.15) is 0 Å². The van der Waals surface area contributed by atoms with Gasteiger partial charge in [0.15, 0.2) is 0 Å². The third-order valence-corrected chi connectivity index (χ3v) is 2.66. The number of carbonyl (C=O) groups is 1. The Labute approximate surface area is 113 Å². The van der Waals surface area contributed by atoms with Gasteiger partial charge in [-0.05, 0) is 6.42 Å². The minimum Gasteiger partial charge on any atom is -1.00 e. The van der Waals surface area contributed by atoms with Crippen LogP contribution in [0.3, 0.4) is 0 Å². The van der Waals surface area contributed by atoms with Crippen LogP contribution in [0.25, 0.3) is 0 Å². The van der Waals surface area contributed by atoms with Gasteiger partial charge in [0.25, 0.3) is 0 Å². The van der Waals surface area contributed by atoms with Crippen LogP contribution in [0.15, 0.2) is 0 Å². The summed E-state index contributed by atoms with van der Waals surface area (Å²) >= 11 is 0. The van der Waals surface area contributed by atoms with Crippen molar-refractivity contribution in [2.45, 2.75) is 65.2 Å². The molecule has 0 rings (SSSR count). The zero-order valence-electron chi connectivity index (χ0n) is 12.3. The van der Waals surface area contributed by atoms with Crippen molar-refractivity contribution in [3.05, 3.63) is 0 Å². The van der Waals surface area contributed by atoms with E-state index in [1.807, 2.05) is 0 Å². The molecule has 0 amide bonds. The van der Waals surface area contributed by atoms with E-state index in [0.29, 0.717) is 0 Å². The Balaban J connectivity index is -0.000000282. The SMILES string of the molecule is CCCCCCCCCC(C)C(=O)O.[H-].[H-].[Mg+2]. The molecule has 0 aromatic carbocycles. The smallest absolute Gasteiger partial charge is 1.00 e. The summed E-state index contributed by atoms with van der Waals surface area (Å²) < 4.78 is 0. The van der Waals surface area contributed by atoms with E-state index < -0.39 is 5.97 Å². The number of rotatable bonds is 9. The second-order valence-corrected chi connectivity index (χ2v) is 4.15. The van der Waals surface area contributed by atoms with Crippen LogP contribution in [0.4, 0.5) is 0 Å². The van der Waals surface area contributed by atoms with Crippen LogP contribution in [0.2, 0.25) is 0 Å². The normalized spacial score (nSPS) is 11.9. The minimum absolute atomic E-state index is 0. The molecule has 0 fully saturated rings. The molecule has 2 nitrogen and oxygen atoms in total. The molecule has 1 atom stereocenters. The summed E-state index contributed by atoms with van der Waals surface area (Å²) in [4.78, 5) is 10.5. The number of carboxylic acids is 1. The van der Waals surface area contributed by atoms with Crippen LogP contribution < -0.4 is 0 Å². The van der Waals surface area contributed by atoms with Crippen molar-refractivity contribution < 1.29 is 12.8 Å². The molecule has 0 aliphatic rings. The summed E-state index contributed by atoms with van der Waals surface area (Å²) in [5.74, 6) is -0.818. The van der Waals surface area contributed by atoms with Crippen LogP contribution in [0.1, 0.15) is 68.1 Å². The number of aliphatic carboxylic acids is 1. The van der Waals surface area contributed by atoms with Crippen LogP contribution >= 0.6 is 0 Å². The summed E-state index contributed by atoms with van der Waals surface area (Å²) in [5.41, 5.74) is 0. The molecule has 0 spiro atoms. The predicted molar refractivity (Wildman–Crippen MR) is 67.4 cm³/mol. The van der Waals surface area contributed by atoms with E-state index in [2.05, 4.69) is 6.92 Å². The third kappa shape index (κ3) is 12.2. The van der Waals surface area contributed by atoms with Gasteiger partial charge in [0, 0.05) is 0 Å². The fraction of sp³-hybridized carbons (Fsp3) is 0.917. The first-order valence-corrected chi connectivity index (χ1v) is 5.91. The van der Waals surface area contributed by atoms with Gasteiger partial charge in [-0.1, -0.05) is 58.8 Å². The molecule has 1 N–H and O–H groups in total. The summed E-state index contributed by atoms with van der Waals surface area (Å²) in [6, 6.07) is 0. The fourth-order valence-corrected chi connectivity index (χ4v) is 1.53. The molecule has 0 radical (unpaired) electrons. The molecule has 0 aromatic heterocycles. The molecule has 3 heteroatoms. The van der Waals surface area contributed by atoms with Crippen molar-refractivity contribution in [2.75, 3.05) is 0 Å². The van der Waals surface area contributed by atoms with E-state index in [1.165, 1.54) is 38.5 Å². The van der Waals surface area contributed by atoms with Crippen LogP contribution in [0, 0.1) is 5.92 Å². The van der Waals surface area contributed by atoms with Gasteiger partial charge < -0.3 is 7.96 Å². The van der Waals surface area contributed by atoms with Crippen LogP contribution in [0.5, 0.6) is 0 Å². The second-order valence-electron chi connectivity index (χ2n) is 4.15. The Morgan fingerprint density at radius 2 is 1.60 bits per heavy atom. The summed E-state index contributed by atoms with van der Waals surface area (Å²) in [6.45, 7) is 4.01. The summed E-state index contributed by atoms with van der Waals surface area (Å²) in [6.07, 6.45) is 9.65. The second kappa shape index (κ2) is 12.3. The van der Waals surface area contributed by atoms with Gasteiger partial charge in [-0.2, -0.15) is 0 Å². The van der Waals surface area contributed by atoms with E-state index in [-0.39, 0.29) is 31.8 Å². The number of hydrogen-bond acceptors (Lipinski definition) is 1. The maximum absolute atomic E-state index is 10.5. The summed E-state index contributed by atoms with van der Waals surface area (Å²) in [5, 5.41) is 8.65. The van der Waals surface area contributed by atoms with Crippen molar-refractivity contribution in [1.82, 2.24) is 0 Å². The molecule has 0 aliphatic carbocycles. The predicted octanol–water partition coefficient (Wildman–Crippen LogP) is 3.69. The van der Waals surface area contributed by atoms with Crippen LogP contribution in [-0.4, -0.2) is 34.1 Å². The van der Waals surface area contributed by atoms with E-state index in [1.54, 1.807) is 6.92 Å². The number of unbranched alkanes of at least 4 members (excludes halogenated alkanes) is 6. The monoisotopic (exact) mass is 226 g/mol. The number of hydrogen-bond donors (Lipinski definition) is 1. The Bertz CT molecular complexity index is 157. The largest absolute Gasteiger partial charge is 2.00 e. The molecule has 15 heavy (non-hydrogen) atoms. The Morgan fingerprint density at radius 3 is 2.07 bits per heavy atom. The maximum Gasteiger partial charge on any atom is 2.00 e. The first kappa shape index (κ1) is 17.6. The molecular formula is C12H26MgO2. The molecule has 0 saturated heterocycles. The van der Waals surface area contributed by atoms with Crippen molar-refractivity contribution >= 4 is 29.0 Å². The third-order valence-electron chi connectivity index (χ3n) is 2.66. The number of carboxylic acid groups (broad SMARTS) is 1. The quantitative estimate of drug-likeness (QED) is 0.481. The van der Waals surface area contributed by atoms with Gasteiger partial charge in [-0.25, -0.2) is 0 Å². The topological polar surface area (TPSA) is 37.3 Å². The average molecular weight is 227 g/mol.